The van der Waals surface area contributed by atoms with Gasteiger partial charge < -0.3 is 9.72 Å². The minimum absolute atomic E-state index is 0.0172. The zero-order valence-corrected chi connectivity index (χ0v) is 12.9. The molecule has 1 aromatic heterocycles. The average Bonchev–Trinajstić information content (AvgIpc) is 2.97. The second kappa shape index (κ2) is 6.01. The SMILES string of the molecule is COc1cc(Cl)ccc1CC(=O)c1c[nH]c2c(F)c(F)ccc12. The van der Waals surface area contributed by atoms with Gasteiger partial charge >= 0.3 is 0 Å². The van der Waals surface area contributed by atoms with Gasteiger partial charge in [0.1, 0.15) is 5.75 Å². The number of carbonyl (C=O) groups is 1. The number of nitrogens with one attached hydrogen (secondary N) is 1. The molecular formula is C17H12ClF2NO2. The summed E-state index contributed by atoms with van der Waals surface area (Å²) in [5, 5.41) is 0.851. The first-order valence-corrected chi connectivity index (χ1v) is 7.19. The molecule has 0 aliphatic carbocycles. The molecule has 0 radical (unpaired) electrons. The summed E-state index contributed by atoms with van der Waals surface area (Å²) in [5.74, 6) is -1.69. The lowest BCUT2D eigenvalue weighted by molar-refractivity contribution is 0.0993. The van der Waals surface area contributed by atoms with Crippen LogP contribution in [0.3, 0.4) is 0 Å². The van der Waals surface area contributed by atoms with Crippen LogP contribution in [0.1, 0.15) is 15.9 Å². The molecule has 2 aromatic carbocycles. The van der Waals surface area contributed by atoms with E-state index < -0.39 is 11.6 Å². The van der Waals surface area contributed by atoms with E-state index in [0.29, 0.717) is 27.3 Å². The number of hydrogen-bond acceptors (Lipinski definition) is 2. The number of carbonyl (C=O) groups excluding carboxylic acids is 1. The van der Waals surface area contributed by atoms with Crippen molar-refractivity contribution in [3.63, 3.8) is 0 Å². The van der Waals surface area contributed by atoms with Gasteiger partial charge in [-0.25, -0.2) is 8.78 Å². The van der Waals surface area contributed by atoms with Crippen LogP contribution < -0.4 is 4.74 Å². The Bertz CT molecular complexity index is 905. The highest BCUT2D eigenvalue weighted by Gasteiger charge is 2.18. The first-order chi connectivity index (χ1) is 11.0. The number of aromatic nitrogens is 1. The van der Waals surface area contributed by atoms with Gasteiger partial charge in [0.2, 0.25) is 0 Å². The predicted molar refractivity (Wildman–Crippen MR) is 84.3 cm³/mol. The van der Waals surface area contributed by atoms with Gasteiger partial charge in [0.15, 0.2) is 17.4 Å². The van der Waals surface area contributed by atoms with Crippen LogP contribution in [0, 0.1) is 11.6 Å². The quantitative estimate of drug-likeness (QED) is 0.711. The Morgan fingerprint density at radius 1 is 1.26 bits per heavy atom. The zero-order chi connectivity index (χ0) is 16.6. The van der Waals surface area contributed by atoms with Crippen molar-refractivity contribution < 1.29 is 18.3 Å². The first kappa shape index (κ1) is 15.5. The van der Waals surface area contributed by atoms with Gasteiger partial charge in [-0.1, -0.05) is 17.7 Å². The van der Waals surface area contributed by atoms with Gasteiger partial charge in [-0.2, -0.15) is 0 Å². The maximum atomic E-state index is 13.7. The minimum atomic E-state index is -0.995. The lowest BCUT2D eigenvalue weighted by atomic mass is 10.0. The molecule has 0 aliphatic heterocycles. The van der Waals surface area contributed by atoms with Crippen LogP contribution in [-0.4, -0.2) is 17.9 Å². The molecule has 0 atom stereocenters. The summed E-state index contributed by atoms with van der Waals surface area (Å²) in [7, 11) is 1.49. The fourth-order valence-corrected chi connectivity index (χ4v) is 2.66. The summed E-state index contributed by atoms with van der Waals surface area (Å²) in [6, 6.07) is 7.38. The fourth-order valence-electron chi connectivity index (χ4n) is 2.50. The highest BCUT2D eigenvalue weighted by atomic mass is 35.5. The van der Waals surface area contributed by atoms with Crippen LogP contribution in [0.2, 0.25) is 5.02 Å². The van der Waals surface area contributed by atoms with E-state index in [4.69, 9.17) is 16.3 Å². The van der Waals surface area contributed by atoms with Gasteiger partial charge in [0.25, 0.3) is 0 Å². The van der Waals surface area contributed by atoms with E-state index in [9.17, 15) is 13.6 Å². The number of ketones is 1. The van der Waals surface area contributed by atoms with E-state index >= 15 is 0 Å². The lowest BCUT2D eigenvalue weighted by Crippen LogP contribution is -2.04. The average molecular weight is 336 g/mol. The first-order valence-electron chi connectivity index (χ1n) is 6.82. The van der Waals surface area contributed by atoms with E-state index in [1.807, 2.05) is 0 Å². The van der Waals surface area contributed by atoms with E-state index in [1.54, 1.807) is 18.2 Å². The largest absolute Gasteiger partial charge is 0.496 e. The summed E-state index contributed by atoms with van der Waals surface area (Å²) in [4.78, 5) is 15.1. The van der Waals surface area contributed by atoms with Gasteiger partial charge in [-0.3, -0.25) is 4.79 Å². The molecule has 0 aliphatic rings. The molecule has 3 nitrogen and oxygen atoms in total. The number of H-pyrrole nitrogens is 1. The number of rotatable bonds is 4. The van der Waals surface area contributed by atoms with E-state index in [1.165, 1.54) is 19.4 Å². The van der Waals surface area contributed by atoms with Crippen molar-refractivity contribution in [2.45, 2.75) is 6.42 Å². The third kappa shape index (κ3) is 2.80. The van der Waals surface area contributed by atoms with E-state index in [-0.39, 0.29) is 17.7 Å². The van der Waals surface area contributed by atoms with Crippen molar-refractivity contribution in [1.82, 2.24) is 4.98 Å². The maximum Gasteiger partial charge on any atom is 0.182 e. The number of halogens is 3. The molecule has 23 heavy (non-hydrogen) atoms. The molecule has 3 aromatic rings. The van der Waals surface area contributed by atoms with Gasteiger partial charge in [0.05, 0.1) is 12.6 Å². The predicted octanol–water partition coefficient (Wildman–Crippen LogP) is 4.53. The maximum absolute atomic E-state index is 13.7. The zero-order valence-electron chi connectivity index (χ0n) is 12.1. The molecule has 0 saturated carbocycles. The lowest BCUT2D eigenvalue weighted by Gasteiger charge is -2.08. The summed E-state index contributed by atoms with van der Waals surface area (Å²) >= 11 is 5.89. The number of benzene rings is 2. The van der Waals surface area contributed by atoms with Crippen LogP contribution in [0.4, 0.5) is 8.78 Å². The normalized spacial score (nSPS) is 11.0. The summed E-state index contributed by atoms with van der Waals surface area (Å²) < 4.78 is 32.2. The molecule has 1 N–H and O–H groups in total. The molecule has 118 valence electrons. The molecule has 0 bridgehead atoms. The molecule has 1 heterocycles. The molecule has 0 saturated heterocycles. The van der Waals surface area contributed by atoms with Gasteiger partial charge in [-0.05, 0) is 24.3 Å². The van der Waals surface area contributed by atoms with Crippen molar-refractivity contribution in [2.24, 2.45) is 0 Å². The standard InChI is InChI=1S/C17H12ClF2NO2/c1-23-15-7-10(18)3-2-9(15)6-14(22)12-8-21-17-11(12)4-5-13(19)16(17)20/h2-5,7-8,21H,6H2,1H3. The number of aromatic amines is 1. The molecule has 0 fully saturated rings. The third-order valence-electron chi connectivity index (χ3n) is 3.65. The Hall–Kier alpha value is -2.40. The van der Waals surface area contributed by atoms with Crippen molar-refractivity contribution in [1.29, 1.82) is 0 Å². The third-order valence-corrected chi connectivity index (χ3v) is 3.88. The van der Waals surface area contributed by atoms with Crippen LogP contribution in [0.25, 0.3) is 10.9 Å². The minimum Gasteiger partial charge on any atom is -0.496 e. The van der Waals surface area contributed by atoms with Crippen LogP contribution >= 0.6 is 11.6 Å². The Kier molecular flexibility index (Phi) is 4.05. The Morgan fingerprint density at radius 3 is 2.78 bits per heavy atom. The molecule has 0 unspecified atom stereocenters. The Labute approximate surface area is 135 Å². The number of methoxy groups -OCH3 is 1. The monoisotopic (exact) mass is 335 g/mol. The second-order valence-corrected chi connectivity index (χ2v) is 5.48. The van der Waals surface area contributed by atoms with Crippen molar-refractivity contribution in [2.75, 3.05) is 7.11 Å². The fraction of sp³-hybridized carbons (Fsp3) is 0.118. The van der Waals surface area contributed by atoms with E-state index in [0.717, 1.165) is 6.07 Å². The number of hydrogen-bond donors (Lipinski definition) is 1. The van der Waals surface area contributed by atoms with Gasteiger partial charge in [-0.15, -0.1) is 0 Å². The molecule has 0 amide bonds. The number of ether oxygens (including phenoxy) is 1. The van der Waals surface area contributed by atoms with Crippen LogP contribution in [0.5, 0.6) is 5.75 Å². The molecule has 6 heteroatoms. The van der Waals surface area contributed by atoms with E-state index in [2.05, 4.69) is 4.98 Å². The Morgan fingerprint density at radius 2 is 2.04 bits per heavy atom. The molecule has 0 spiro atoms. The molecular weight excluding hydrogens is 324 g/mol. The van der Waals surface area contributed by atoms with Crippen molar-refractivity contribution >= 4 is 28.3 Å². The van der Waals surface area contributed by atoms with Crippen molar-refractivity contribution in [3.05, 3.63) is 64.3 Å². The topological polar surface area (TPSA) is 42.1 Å². The Balaban J connectivity index is 1.97. The number of Topliss-reactive ketones (excluding diaryl/α,β-unsaturated/α-hetero) is 1. The second-order valence-electron chi connectivity index (χ2n) is 5.04. The summed E-state index contributed by atoms with van der Waals surface area (Å²) in [6.07, 6.45) is 1.45. The van der Waals surface area contributed by atoms with Crippen LogP contribution in [0.15, 0.2) is 36.5 Å². The van der Waals surface area contributed by atoms with Crippen LogP contribution in [-0.2, 0) is 6.42 Å². The van der Waals surface area contributed by atoms with Crippen molar-refractivity contribution in [3.8, 4) is 5.75 Å². The van der Waals surface area contributed by atoms with Gasteiger partial charge in [0, 0.05) is 34.2 Å². The summed E-state index contributed by atoms with van der Waals surface area (Å²) in [5.41, 5.74) is 0.950. The molecule has 3 rings (SSSR count). The smallest absolute Gasteiger partial charge is 0.182 e. The highest BCUT2D eigenvalue weighted by Crippen LogP contribution is 2.27. The summed E-state index contributed by atoms with van der Waals surface area (Å²) in [6.45, 7) is 0. The highest BCUT2D eigenvalue weighted by molar-refractivity contribution is 6.30. The number of fused-ring (bicyclic) bond motifs is 1.